The normalized spacial score (nSPS) is 36.9. The molecule has 4 bridgehead atoms. The van der Waals surface area contributed by atoms with E-state index in [9.17, 15) is 29.3 Å². The molecular weight excluding hydrogens is 548 g/mol. The third-order valence-corrected chi connectivity index (χ3v) is 9.94. The standard InChI is InChI=1S/C13H21BN2O5.C8H8O4.C6H14BNO.H2/c1-14(20)16-6-4-15(5-7-16)12(17)10-8-2-3-9(21-8)11(10)13(18)19;9-7-5-3-1-2-4(11-3)6(5)8(10)12-7;1-7(9)8-5-3-2-4-6-8;/h8-11,20H,2-7H2,1H3,(H,18,19);3-6H,1-2H2;9H,2-6H2,1H3;1H/i;;;1+1. The van der Waals surface area contributed by atoms with Gasteiger partial charge in [0.15, 0.2) is 0 Å². The molecule has 7 aliphatic heterocycles. The molecule has 0 spiro atoms. The van der Waals surface area contributed by atoms with Gasteiger partial charge in [0.2, 0.25) is 5.91 Å². The second-order valence-electron chi connectivity index (χ2n) is 12.5. The fraction of sp³-hybridized carbons (Fsp3) is 0.852. The Morgan fingerprint density at radius 2 is 1.17 bits per heavy atom. The zero-order chi connectivity index (χ0) is 30.1. The summed E-state index contributed by atoms with van der Waals surface area (Å²) in [6, 6.07) is 0. The largest absolute Gasteiger partial charge is 0.481 e. The van der Waals surface area contributed by atoms with Crippen LogP contribution in [0.25, 0.3) is 0 Å². The van der Waals surface area contributed by atoms with Gasteiger partial charge in [-0.1, -0.05) is 6.42 Å². The highest BCUT2D eigenvalue weighted by molar-refractivity contribution is 6.45. The lowest BCUT2D eigenvalue weighted by Crippen LogP contribution is -2.55. The SMILES string of the molecule is CB(O)N1CCCCC1.CB(O)N1CCN(C(=O)C2C3CCC(O3)C2C(=O)O)CC1.O=C1OC(=O)C2C3CCC(O3)C12.[2HH]. The summed E-state index contributed by atoms with van der Waals surface area (Å²) >= 11 is 0. The van der Waals surface area contributed by atoms with E-state index in [-0.39, 0.29) is 62.6 Å². The van der Waals surface area contributed by atoms with Crippen molar-refractivity contribution in [2.24, 2.45) is 23.7 Å². The molecule has 7 saturated heterocycles. The number of fused-ring (bicyclic) bond motifs is 7. The van der Waals surface area contributed by atoms with Gasteiger partial charge in [0.1, 0.15) is 0 Å². The van der Waals surface area contributed by atoms with Crippen LogP contribution in [0.2, 0.25) is 13.6 Å². The van der Waals surface area contributed by atoms with Crippen molar-refractivity contribution in [1.29, 1.82) is 0 Å². The maximum absolute atomic E-state index is 12.7. The highest BCUT2D eigenvalue weighted by Crippen LogP contribution is 2.47. The molecule has 42 heavy (non-hydrogen) atoms. The Bertz CT molecular complexity index is 1000. The van der Waals surface area contributed by atoms with Crippen LogP contribution in [0.1, 0.15) is 46.4 Å². The topological polar surface area (TPSA) is 166 Å². The highest BCUT2D eigenvalue weighted by Gasteiger charge is 2.61. The van der Waals surface area contributed by atoms with Gasteiger partial charge in [-0.05, 0) is 65.3 Å². The van der Waals surface area contributed by atoms with E-state index >= 15 is 0 Å². The van der Waals surface area contributed by atoms with Crippen molar-refractivity contribution < 1.29 is 50.0 Å². The second-order valence-corrected chi connectivity index (χ2v) is 12.5. The molecule has 7 fully saturated rings. The van der Waals surface area contributed by atoms with Gasteiger partial charge in [-0.25, -0.2) is 0 Å². The molecule has 0 aromatic carbocycles. The lowest BCUT2D eigenvalue weighted by molar-refractivity contribution is -0.156. The van der Waals surface area contributed by atoms with Gasteiger partial charge in [-0.15, -0.1) is 0 Å². The molecular formula is C27H45B2N3O10. The summed E-state index contributed by atoms with van der Waals surface area (Å²) in [6.07, 6.45) is 6.53. The van der Waals surface area contributed by atoms with Gasteiger partial charge >= 0.3 is 32.0 Å². The Morgan fingerprint density at radius 1 is 0.714 bits per heavy atom. The van der Waals surface area contributed by atoms with Gasteiger partial charge in [0, 0.05) is 27.6 Å². The van der Waals surface area contributed by atoms with E-state index in [4.69, 9.17) is 14.5 Å². The van der Waals surface area contributed by atoms with Crippen molar-refractivity contribution in [3.8, 4) is 0 Å². The van der Waals surface area contributed by atoms with Crippen molar-refractivity contribution in [2.45, 2.75) is 83.0 Å². The molecule has 0 aromatic rings. The molecule has 13 nitrogen and oxygen atoms in total. The monoisotopic (exact) mass is 594 g/mol. The molecule has 7 aliphatic rings. The fourth-order valence-corrected chi connectivity index (χ4v) is 7.64. The van der Waals surface area contributed by atoms with E-state index in [1.165, 1.54) is 19.3 Å². The Labute approximate surface area is 248 Å². The fourth-order valence-electron chi connectivity index (χ4n) is 7.64. The van der Waals surface area contributed by atoms with Crippen LogP contribution in [-0.2, 0) is 33.4 Å². The predicted molar refractivity (Wildman–Crippen MR) is 152 cm³/mol. The molecule has 7 heterocycles. The first-order valence-electron chi connectivity index (χ1n) is 15.5. The minimum Gasteiger partial charge on any atom is -0.481 e. The van der Waals surface area contributed by atoms with Crippen LogP contribution in [0.15, 0.2) is 0 Å². The molecule has 7 rings (SSSR count). The molecule has 0 radical (unpaired) electrons. The summed E-state index contributed by atoms with van der Waals surface area (Å²) in [7, 11) is -0.745. The van der Waals surface area contributed by atoms with Gasteiger partial charge in [0.25, 0.3) is 0 Å². The van der Waals surface area contributed by atoms with Crippen LogP contribution in [-0.4, -0.2) is 131 Å². The minimum absolute atomic E-state index is 0. The first kappa shape index (κ1) is 31.4. The maximum atomic E-state index is 12.7. The van der Waals surface area contributed by atoms with Gasteiger partial charge in [0.05, 0.1) is 48.1 Å². The number of hydrogen-bond acceptors (Lipinski definition) is 11. The second kappa shape index (κ2) is 13.3. The third kappa shape index (κ3) is 6.41. The van der Waals surface area contributed by atoms with Crippen LogP contribution in [0, 0.1) is 23.7 Å². The van der Waals surface area contributed by atoms with Gasteiger partial charge < -0.3 is 43.9 Å². The molecule has 1 amide bonds. The van der Waals surface area contributed by atoms with E-state index in [0.717, 1.165) is 38.8 Å². The van der Waals surface area contributed by atoms with Crippen molar-refractivity contribution in [3.63, 3.8) is 0 Å². The Kier molecular flexibility index (Phi) is 9.95. The zero-order valence-electron chi connectivity index (χ0n) is 24.5. The molecule has 3 N–H and O–H groups in total. The first-order valence-corrected chi connectivity index (χ1v) is 15.5. The quantitative estimate of drug-likeness (QED) is 0.224. The number of esters is 2. The van der Waals surface area contributed by atoms with Gasteiger partial charge in [-0.2, -0.15) is 0 Å². The molecule has 0 aliphatic carbocycles. The highest BCUT2D eigenvalue weighted by atomic mass is 16.6. The number of carbonyl (C=O) groups is 4. The molecule has 234 valence electrons. The average Bonchev–Trinajstić information content (AvgIpc) is 3.81. The van der Waals surface area contributed by atoms with Crippen LogP contribution in [0.5, 0.6) is 0 Å². The maximum Gasteiger partial charge on any atom is 0.376 e. The van der Waals surface area contributed by atoms with Crippen molar-refractivity contribution in [2.75, 3.05) is 39.3 Å². The number of hydrogen-bond donors (Lipinski definition) is 3. The lowest BCUT2D eigenvalue weighted by atomic mass is 9.78. The average molecular weight is 594 g/mol. The summed E-state index contributed by atoms with van der Waals surface area (Å²) in [5.74, 6) is -3.59. The molecule has 15 heteroatoms. The van der Waals surface area contributed by atoms with Crippen LogP contribution >= 0.6 is 0 Å². The van der Waals surface area contributed by atoms with Crippen LogP contribution in [0.3, 0.4) is 0 Å². The van der Waals surface area contributed by atoms with Crippen molar-refractivity contribution in [3.05, 3.63) is 0 Å². The van der Waals surface area contributed by atoms with Crippen LogP contribution < -0.4 is 0 Å². The summed E-state index contributed by atoms with van der Waals surface area (Å²) in [6.45, 7) is 8.00. The summed E-state index contributed by atoms with van der Waals surface area (Å²) in [4.78, 5) is 52.1. The minimum atomic E-state index is -0.928. The number of rotatable bonds is 4. The molecule has 0 aromatic heterocycles. The Hall–Kier alpha value is -2.03. The first-order chi connectivity index (χ1) is 20.1. The van der Waals surface area contributed by atoms with Gasteiger partial charge in [-0.3, -0.25) is 19.2 Å². The number of nitrogens with zero attached hydrogens (tertiary/aromatic N) is 3. The van der Waals surface area contributed by atoms with E-state index in [2.05, 4.69) is 9.55 Å². The lowest BCUT2D eigenvalue weighted by Gasteiger charge is -2.38. The number of aliphatic carboxylic acids is 1. The number of ether oxygens (including phenoxy) is 3. The number of carboxylic acids is 1. The Morgan fingerprint density at radius 3 is 1.64 bits per heavy atom. The van der Waals surface area contributed by atoms with E-state index < -0.39 is 24.9 Å². The summed E-state index contributed by atoms with van der Waals surface area (Å²) in [5, 5.41) is 28.0. The number of carbonyl (C=O) groups excluding carboxylic acids is 3. The predicted octanol–water partition coefficient (Wildman–Crippen LogP) is -0.189. The number of piperazine rings is 1. The third-order valence-electron chi connectivity index (χ3n) is 9.94. The summed E-state index contributed by atoms with van der Waals surface area (Å²) in [5.41, 5.74) is 0. The molecule has 8 atom stereocenters. The smallest absolute Gasteiger partial charge is 0.376 e. The van der Waals surface area contributed by atoms with E-state index in [1.807, 2.05) is 11.6 Å². The van der Waals surface area contributed by atoms with E-state index in [0.29, 0.717) is 26.2 Å². The van der Waals surface area contributed by atoms with Crippen molar-refractivity contribution in [1.82, 2.24) is 14.5 Å². The van der Waals surface area contributed by atoms with Crippen LogP contribution in [0.4, 0.5) is 0 Å². The zero-order valence-corrected chi connectivity index (χ0v) is 24.5. The van der Waals surface area contributed by atoms with Crippen molar-refractivity contribution >= 4 is 37.9 Å². The molecule has 8 unspecified atom stereocenters. The molecule has 0 saturated carbocycles. The Balaban J connectivity index is 0.000000162. The number of cyclic esters (lactones) is 2. The number of piperidine rings is 1. The van der Waals surface area contributed by atoms with E-state index in [1.54, 1.807) is 11.7 Å². The summed E-state index contributed by atoms with van der Waals surface area (Å²) < 4.78 is 15.7. The number of carboxylic acid groups (broad SMARTS) is 1. The number of amides is 1.